The Balaban J connectivity index is 1.46. The molecule has 4 rings (SSSR count). The fourth-order valence-corrected chi connectivity index (χ4v) is 3.35. The molecule has 3 aromatic rings. The number of carbonyl (C=O) groups excluding carboxylic acids is 2. The van der Waals surface area contributed by atoms with E-state index in [1.807, 2.05) is 34.9 Å². The van der Waals surface area contributed by atoms with Crippen molar-refractivity contribution in [3.63, 3.8) is 0 Å². The first kappa shape index (κ1) is 17.1. The van der Waals surface area contributed by atoms with E-state index >= 15 is 0 Å². The van der Waals surface area contributed by atoms with E-state index in [0.29, 0.717) is 23.8 Å². The lowest BCUT2D eigenvalue weighted by atomic mass is 10.2. The zero-order chi connectivity index (χ0) is 18.8. The highest BCUT2D eigenvalue weighted by atomic mass is 16.3. The lowest BCUT2D eigenvalue weighted by Gasteiger charge is -2.16. The number of nitrogens with one attached hydrogen (secondary N) is 2. The normalized spacial score (nSPS) is 15.4. The predicted molar refractivity (Wildman–Crippen MR) is 99.8 cm³/mol. The van der Waals surface area contributed by atoms with Gasteiger partial charge >= 0.3 is 0 Å². The molecule has 27 heavy (non-hydrogen) atoms. The summed E-state index contributed by atoms with van der Waals surface area (Å²) in [6, 6.07) is 12.7. The molecular formula is C20H20N4O3. The number of rotatable bonds is 5. The first-order valence-corrected chi connectivity index (χ1v) is 8.89. The summed E-state index contributed by atoms with van der Waals surface area (Å²) in [4.78, 5) is 29.3. The molecule has 0 spiro atoms. The molecular weight excluding hydrogens is 344 g/mol. The van der Waals surface area contributed by atoms with Gasteiger partial charge in [-0.1, -0.05) is 18.2 Å². The van der Waals surface area contributed by atoms with Crippen LogP contribution in [-0.4, -0.2) is 27.9 Å². The van der Waals surface area contributed by atoms with Crippen molar-refractivity contribution in [3.8, 4) is 0 Å². The minimum Gasteiger partial charge on any atom is -0.456 e. The van der Waals surface area contributed by atoms with Crippen LogP contribution in [0, 0.1) is 6.92 Å². The summed E-state index contributed by atoms with van der Waals surface area (Å²) in [5.74, 6) is 1.38. The van der Waals surface area contributed by atoms with E-state index < -0.39 is 0 Å². The number of hydrogen-bond acceptors (Lipinski definition) is 4. The topological polar surface area (TPSA) is 89.2 Å². The number of anilines is 1. The Morgan fingerprint density at radius 2 is 2.00 bits per heavy atom. The molecule has 0 radical (unpaired) electrons. The van der Waals surface area contributed by atoms with Crippen LogP contribution in [0.5, 0.6) is 0 Å². The molecule has 0 saturated heterocycles. The van der Waals surface area contributed by atoms with E-state index in [2.05, 4.69) is 15.6 Å². The molecule has 1 unspecified atom stereocenters. The fraction of sp³-hybridized carbons (Fsp3) is 0.250. The van der Waals surface area contributed by atoms with E-state index in [0.717, 1.165) is 24.4 Å². The fourth-order valence-electron chi connectivity index (χ4n) is 3.35. The molecule has 7 nitrogen and oxygen atoms in total. The predicted octanol–water partition coefficient (Wildman–Crippen LogP) is 2.95. The third-order valence-electron chi connectivity index (χ3n) is 4.67. The Morgan fingerprint density at radius 1 is 1.19 bits per heavy atom. The molecule has 1 aliphatic rings. The highest BCUT2D eigenvalue weighted by Gasteiger charge is 2.29. The van der Waals surface area contributed by atoms with E-state index in [1.165, 1.54) is 0 Å². The highest BCUT2D eigenvalue weighted by Crippen LogP contribution is 2.27. The SMILES string of the molecule is Cc1ccc(C(=O)NCC2CCc3ncc(C(=O)Nc4ccccc4)n32)o1. The number of benzene rings is 1. The first-order valence-electron chi connectivity index (χ1n) is 8.89. The van der Waals surface area contributed by atoms with Crippen LogP contribution in [0.4, 0.5) is 5.69 Å². The van der Waals surface area contributed by atoms with Gasteiger partial charge in [0.15, 0.2) is 5.76 Å². The Labute approximate surface area is 156 Å². The van der Waals surface area contributed by atoms with Crippen molar-refractivity contribution in [2.45, 2.75) is 25.8 Å². The van der Waals surface area contributed by atoms with E-state index in [-0.39, 0.29) is 17.9 Å². The molecule has 0 bridgehead atoms. The smallest absolute Gasteiger partial charge is 0.287 e. The van der Waals surface area contributed by atoms with Gasteiger partial charge in [0.25, 0.3) is 11.8 Å². The van der Waals surface area contributed by atoms with Crippen molar-refractivity contribution in [2.75, 3.05) is 11.9 Å². The molecule has 1 aromatic carbocycles. The molecule has 1 aliphatic heterocycles. The van der Waals surface area contributed by atoms with Gasteiger partial charge in [-0.3, -0.25) is 9.59 Å². The minimum atomic E-state index is -0.257. The van der Waals surface area contributed by atoms with Crippen LogP contribution in [-0.2, 0) is 6.42 Å². The number of amides is 2. The molecule has 2 N–H and O–H groups in total. The number of imidazole rings is 1. The van der Waals surface area contributed by atoms with Crippen LogP contribution >= 0.6 is 0 Å². The van der Waals surface area contributed by atoms with Crippen molar-refractivity contribution in [1.82, 2.24) is 14.9 Å². The molecule has 0 fully saturated rings. The summed E-state index contributed by atoms with van der Waals surface area (Å²) in [6.07, 6.45) is 3.20. The van der Waals surface area contributed by atoms with Crippen molar-refractivity contribution in [3.05, 3.63) is 71.7 Å². The minimum absolute atomic E-state index is 0.0148. The second kappa shape index (κ2) is 7.11. The van der Waals surface area contributed by atoms with Crippen LogP contribution in [0.15, 0.2) is 53.1 Å². The van der Waals surface area contributed by atoms with Gasteiger partial charge in [0, 0.05) is 18.7 Å². The van der Waals surface area contributed by atoms with Crippen LogP contribution in [0.3, 0.4) is 0 Å². The number of aryl methyl sites for hydroxylation is 2. The maximum absolute atomic E-state index is 12.7. The number of aromatic nitrogens is 2. The summed E-state index contributed by atoms with van der Waals surface area (Å²) in [5, 5.41) is 5.77. The molecule has 2 aromatic heterocycles. The van der Waals surface area contributed by atoms with Gasteiger partial charge in [0.05, 0.1) is 12.2 Å². The highest BCUT2D eigenvalue weighted by molar-refractivity contribution is 6.03. The van der Waals surface area contributed by atoms with Gasteiger partial charge in [0.1, 0.15) is 17.3 Å². The number of fused-ring (bicyclic) bond motifs is 1. The van der Waals surface area contributed by atoms with Gasteiger partial charge in [-0.05, 0) is 37.6 Å². The van der Waals surface area contributed by atoms with Crippen LogP contribution in [0.25, 0.3) is 0 Å². The van der Waals surface area contributed by atoms with Crippen molar-refractivity contribution in [1.29, 1.82) is 0 Å². The van der Waals surface area contributed by atoms with Crippen LogP contribution < -0.4 is 10.6 Å². The maximum Gasteiger partial charge on any atom is 0.287 e. The van der Waals surface area contributed by atoms with Gasteiger partial charge in [-0.15, -0.1) is 0 Å². The number of hydrogen-bond donors (Lipinski definition) is 2. The molecule has 3 heterocycles. The van der Waals surface area contributed by atoms with E-state index in [4.69, 9.17) is 4.42 Å². The second-order valence-electron chi connectivity index (χ2n) is 6.56. The quantitative estimate of drug-likeness (QED) is 0.728. The van der Waals surface area contributed by atoms with Gasteiger partial charge in [-0.25, -0.2) is 4.98 Å². The van der Waals surface area contributed by atoms with Crippen molar-refractivity contribution < 1.29 is 14.0 Å². The number of nitrogens with zero attached hydrogens (tertiary/aromatic N) is 2. The number of carbonyl (C=O) groups is 2. The second-order valence-corrected chi connectivity index (χ2v) is 6.56. The molecule has 138 valence electrons. The summed E-state index contributed by atoms with van der Waals surface area (Å²) in [7, 11) is 0. The van der Waals surface area contributed by atoms with Gasteiger partial charge in [-0.2, -0.15) is 0 Å². The Bertz CT molecular complexity index is 974. The molecule has 0 aliphatic carbocycles. The molecule has 0 saturated carbocycles. The summed E-state index contributed by atoms with van der Waals surface area (Å²) in [5.41, 5.74) is 1.23. The van der Waals surface area contributed by atoms with Crippen LogP contribution in [0.2, 0.25) is 0 Å². The standard InChI is InChI=1S/C20H20N4O3/c1-13-7-9-17(27-13)20(26)22-11-15-8-10-18-21-12-16(24(15)18)19(25)23-14-5-3-2-4-6-14/h2-7,9,12,15H,8,10-11H2,1H3,(H,22,26)(H,23,25). The van der Waals surface area contributed by atoms with Crippen molar-refractivity contribution >= 4 is 17.5 Å². The van der Waals surface area contributed by atoms with E-state index in [1.54, 1.807) is 25.3 Å². The Morgan fingerprint density at radius 3 is 2.74 bits per heavy atom. The van der Waals surface area contributed by atoms with E-state index in [9.17, 15) is 9.59 Å². The largest absolute Gasteiger partial charge is 0.456 e. The summed E-state index contributed by atoms with van der Waals surface area (Å²) < 4.78 is 7.27. The molecule has 2 amide bonds. The van der Waals surface area contributed by atoms with Crippen molar-refractivity contribution in [2.24, 2.45) is 0 Å². The average molecular weight is 364 g/mol. The average Bonchev–Trinajstić information content (AvgIpc) is 3.37. The Kier molecular flexibility index (Phi) is 4.50. The lowest BCUT2D eigenvalue weighted by Crippen LogP contribution is -2.30. The third kappa shape index (κ3) is 3.48. The maximum atomic E-state index is 12.7. The zero-order valence-electron chi connectivity index (χ0n) is 14.9. The summed E-state index contributed by atoms with van der Waals surface area (Å²) >= 11 is 0. The molecule has 1 atom stereocenters. The first-order chi connectivity index (χ1) is 13.1. The number of furan rings is 1. The molecule has 7 heteroatoms. The van der Waals surface area contributed by atoms with Gasteiger partial charge < -0.3 is 19.6 Å². The van der Waals surface area contributed by atoms with Crippen LogP contribution in [0.1, 0.15) is 45.1 Å². The summed E-state index contributed by atoms with van der Waals surface area (Å²) in [6.45, 7) is 2.21. The Hall–Kier alpha value is -3.35. The number of para-hydroxylation sites is 1. The monoisotopic (exact) mass is 364 g/mol. The third-order valence-corrected chi connectivity index (χ3v) is 4.67. The lowest BCUT2D eigenvalue weighted by molar-refractivity contribution is 0.0919. The zero-order valence-corrected chi connectivity index (χ0v) is 14.9. The van der Waals surface area contributed by atoms with Gasteiger partial charge in [0.2, 0.25) is 0 Å².